The highest BCUT2D eigenvalue weighted by atomic mass is 16.5. The van der Waals surface area contributed by atoms with Gasteiger partial charge in [0, 0.05) is 0 Å². The van der Waals surface area contributed by atoms with Crippen LogP contribution in [0.3, 0.4) is 0 Å². The summed E-state index contributed by atoms with van der Waals surface area (Å²) in [7, 11) is 0. The smallest absolute Gasteiger partial charge is 0.336 e. The summed E-state index contributed by atoms with van der Waals surface area (Å²) in [5.74, 6) is -0.141. The molecule has 94 valence electrons. The molecule has 1 unspecified atom stereocenters. The summed E-state index contributed by atoms with van der Waals surface area (Å²) < 4.78 is 5.26. The van der Waals surface area contributed by atoms with E-state index in [1.54, 1.807) is 55.5 Å². The molecule has 19 heavy (non-hydrogen) atoms. The van der Waals surface area contributed by atoms with Crippen molar-refractivity contribution in [3.63, 3.8) is 0 Å². The third kappa shape index (κ3) is 2.63. The Kier molecular flexibility index (Phi) is 3.63. The number of hydrogen-bond acceptors (Lipinski definition) is 3. The lowest BCUT2D eigenvalue weighted by Crippen LogP contribution is -2.34. The van der Waals surface area contributed by atoms with Gasteiger partial charge in [-0.2, -0.15) is 5.26 Å². The number of nitriles is 1. The van der Waals surface area contributed by atoms with E-state index in [2.05, 4.69) is 0 Å². The van der Waals surface area contributed by atoms with Crippen molar-refractivity contribution in [3.8, 4) is 11.8 Å². The van der Waals surface area contributed by atoms with Crippen LogP contribution in [0.4, 0.5) is 0 Å². The standard InChI is InChI=1S/C16H13NO2/c1-16(12-17,13-8-4-2-5-9-13)15(18)19-14-10-6-3-7-11-14/h2-11H,1H3. The first kappa shape index (κ1) is 12.8. The third-order valence-corrected chi connectivity index (χ3v) is 2.94. The second kappa shape index (κ2) is 5.36. The van der Waals surface area contributed by atoms with Crippen LogP contribution in [0.25, 0.3) is 0 Å². The topological polar surface area (TPSA) is 50.1 Å². The van der Waals surface area contributed by atoms with Crippen LogP contribution in [0.2, 0.25) is 0 Å². The molecule has 2 aromatic carbocycles. The molecule has 0 aliphatic heterocycles. The molecule has 2 rings (SSSR count). The minimum Gasteiger partial charge on any atom is -0.425 e. The molecule has 0 saturated heterocycles. The monoisotopic (exact) mass is 251 g/mol. The molecule has 3 heteroatoms. The lowest BCUT2D eigenvalue weighted by Gasteiger charge is -2.19. The van der Waals surface area contributed by atoms with Crippen molar-refractivity contribution >= 4 is 5.97 Å². The molecule has 0 saturated carbocycles. The normalized spacial score (nSPS) is 13.1. The fourth-order valence-electron chi connectivity index (χ4n) is 1.70. The van der Waals surface area contributed by atoms with E-state index in [0.29, 0.717) is 11.3 Å². The Morgan fingerprint density at radius 1 is 1.05 bits per heavy atom. The number of para-hydroxylation sites is 1. The van der Waals surface area contributed by atoms with E-state index in [4.69, 9.17) is 4.74 Å². The molecular weight excluding hydrogens is 238 g/mol. The van der Waals surface area contributed by atoms with Gasteiger partial charge in [-0.1, -0.05) is 48.5 Å². The molecule has 0 aromatic heterocycles. The zero-order valence-corrected chi connectivity index (χ0v) is 10.5. The molecule has 0 spiro atoms. The number of carbonyl (C=O) groups excluding carboxylic acids is 1. The van der Waals surface area contributed by atoms with Crippen LogP contribution < -0.4 is 4.74 Å². The van der Waals surface area contributed by atoms with Crippen molar-refractivity contribution in [2.75, 3.05) is 0 Å². The first-order chi connectivity index (χ1) is 9.16. The highest BCUT2D eigenvalue weighted by Gasteiger charge is 2.37. The van der Waals surface area contributed by atoms with E-state index in [1.165, 1.54) is 0 Å². The highest BCUT2D eigenvalue weighted by molar-refractivity contribution is 5.87. The van der Waals surface area contributed by atoms with Gasteiger partial charge in [0.2, 0.25) is 0 Å². The molecule has 2 aromatic rings. The van der Waals surface area contributed by atoms with Gasteiger partial charge in [-0.15, -0.1) is 0 Å². The van der Waals surface area contributed by atoms with Crippen molar-refractivity contribution in [1.29, 1.82) is 5.26 Å². The van der Waals surface area contributed by atoms with Crippen molar-refractivity contribution in [1.82, 2.24) is 0 Å². The fraction of sp³-hybridized carbons (Fsp3) is 0.125. The summed E-state index contributed by atoms with van der Waals surface area (Å²) >= 11 is 0. The van der Waals surface area contributed by atoms with Crippen LogP contribution in [-0.4, -0.2) is 5.97 Å². The highest BCUT2D eigenvalue weighted by Crippen LogP contribution is 2.25. The van der Waals surface area contributed by atoms with E-state index in [0.717, 1.165) is 0 Å². The quantitative estimate of drug-likeness (QED) is 0.622. The second-order valence-electron chi connectivity index (χ2n) is 4.31. The van der Waals surface area contributed by atoms with E-state index < -0.39 is 11.4 Å². The Bertz CT molecular complexity index is 602. The number of ether oxygens (including phenoxy) is 1. The lowest BCUT2D eigenvalue weighted by atomic mass is 9.84. The Hall–Kier alpha value is -2.60. The predicted octanol–water partition coefficient (Wildman–Crippen LogP) is 3.07. The van der Waals surface area contributed by atoms with Crippen molar-refractivity contribution < 1.29 is 9.53 Å². The van der Waals surface area contributed by atoms with Gasteiger partial charge in [0.1, 0.15) is 5.75 Å². The SMILES string of the molecule is CC(C#N)(C(=O)Oc1ccccc1)c1ccccc1. The predicted molar refractivity (Wildman–Crippen MR) is 71.5 cm³/mol. The summed E-state index contributed by atoms with van der Waals surface area (Å²) in [6.45, 7) is 1.56. The van der Waals surface area contributed by atoms with Crippen LogP contribution in [0.15, 0.2) is 60.7 Å². The summed E-state index contributed by atoms with van der Waals surface area (Å²) in [6.07, 6.45) is 0. The first-order valence-corrected chi connectivity index (χ1v) is 5.91. The van der Waals surface area contributed by atoms with Gasteiger partial charge in [-0.05, 0) is 24.6 Å². The number of benzene rings is 2. The zero-order chi connectivity index (χ0) is 13.7. The van der Waals surface area contributed by atoms with Crippen molar-refractivity contribution in [2.24, 2.45) is 0 Å². The van der Waals surface area contributed by atoms with Gasteiger partial charge >= 0.3 is 5.97 Å². The molecule has 1 atom stereocenters. The summed E-state index contributed by atoms with van der Waals surface area (Å²) in [5, 5.41) is 9.34. The number of esters is 1. The molecular formula is C16H13NO2. The third-order valence-electron chi connectivity index (χ3n) is 2.94. The average molecular weight is 251 g/mol. The average Bonchev–Trinajstić information content (AvgIpc) is 2.48. The molecule has 0 aliphatic carbocycles. The molecule has 0 amide bonds. The van der Waals surface area contributed by atoms with Gasteiger partial charge in [0.05, 0.1) is 6.07 Å². The molecule has 0 radical (unpaired) electrons. The Balaban J connectivity index is 2.28. The number of carbonyl (C=O) groups is 1. The first-order valence-electron chi connectivity index (χ1n) is 5.91. The minimum atomic E-state index is -1.31. The Labute approximate surface area is 112 Å². The van der Waals surface area contributed by atoms with Gasteiger partial charge in [-0.25, -0.2) is 4.79 Å². The van der Waals surface area contributed by atoms with Gasteiger partial charge in [0.25, 0.3) is 0 Å². The van der Waals surface area contributed by atoms with Crippen molar-refractivity contribution in [3.05, 3.63) is 66.2 Å². The Morgan fingerprint density at radius 3 is 2.11 bits per heavy atom. The molecule has 0 aliphatic rings. The van der Waals surface area contributed by atoms with Gasteiger partial charge in [0.15, 0.2) is 5.41 Å². The van der Waals surface area contributed by atoms with Crippen LogP contribution in [0, 0.1) is 11.3 Å². The van der Waals surface area contributed by atoms with Gasteiger partial charge in [-0.3, -0.25) is 0 Å². The van der Waals surface area contributed by atoms with Crippen LogP contribution >= 0.6 is 0 Å². The fourth-order valence-corrected chi connectivity index (χ4v) is 1.70. The molecule has 3 nitrogen and oxygen atoms in total. The van der Waals surface area contributed by atoms with E-state index in [9.17, 15) is 10.1 Å². The maximum atomic E-state index is 12.2. The molecule has 0 heterocycles. The summed E-state index contributed by atoms with van der Waals surface area (Å²) in [4.78, 5) is 12.2. The van der Waals surface area contributed by atoms with E-state index in [-0.39, 0.29) is 0 Å². The van der Waals surface area contributed by atoms with Crippen molar-refractivity contribution in [2.45, 2.75) is 12.3 Å². The largest absolute Gasteiger partial charge is 0.425 e. The second-order valence-corrected chi connectivity index (χ2v) is 4.31. The zero-order valence-electron chi connectivity index (χ0n) is 10.5. The van der Waals surface area contributed by atoms with Gasteiger partial charge < -0.3 is 4.74 Å². The Morgan fingerprint density at radius 2 is 1.58 bits per heavy atom. The van der Waals surface area contributed by atoms with E-state index >= 15 is 0 Å². The number of rotatable bonds is 3. The molecule has 0 N–H and O–H groups in total. The van der Waals surface area contributed by atoms with Crippen LogP contribution in [-0.2, 0) is 10.2 Å². The molecule has 0 bridgehead atoms. The maximum Gasteiger partial charge on any atom is 0.336 e. The minimum absolute atomic E-state index is 0.435. The summed E-state index contributed by atoms with van der Waals surface area (Å²) in [5.41, 5.74) is -0.685. The van der Waals surface area contributed by atoms with E-state index in [1.807, 2.05) is 18.2 Å². The number of nitrogens with zero attached hydrogens (tertiary/aromatic N) is 1. The summed E-state index contributed by atoms with van der Waals surface area (Å²) in [6, 6.07) is 19.7. The van der Waals surface area contributed by atoms with Crippen LogP contribution in [0.1, 0.15) is 12.5 Å². The molecule has 0 fully saturated rings. The number of hydrogen-bond donors (Lipinski definition) is 0. The maximum absolute atomic E-state index is 12.2. The van der Waals surface area contributed by atoms with Crippen LogP contribution in [0.5, 0.6) is 5.75 Å². The lowest BCUT2D eigenvalue weighted by molar-refractivity contribution is -0.138.